The molecular formula is C28H27ClN4O3S. The van der Waals surface area contributed by atoms with Crippen molar-refractivity contribution < 1.29 is 14.4 Å². The van der Waals surface area contributed by atoms with Crippen LogP contribution < -0.4 is 15.6 Å². The van der Waals surface area contributed by atoms with Crippen molar-refractivity contribution in [3.05, 3.63) is 94.5 Å². The first kappa shape index (κ1) is 26.3. The zero-order valence-electron chi connectivity index (χ0n) is 20.7. The average molecular weight is 535 g/mol. The van der Waals surface area contributed by atoms with E-state index >= 15 is 0 Å². The summed E-state index contributed by atoms with van der Waals surface area (Å²) in [7, 11) is 0. The first-order chi connectivity index (χ1) is 17.7. The van der Waals surface area contributed by atoms with Gasteiger partial charge >= 0.3 is 0 Å². The highest BCUT2D eigenvalue weighted by Gasteiger charge is 2.42. The van der Waals surface area contributed by atoms with Crippen LogP contribution in [0.1, 0.15) is 47.7 Å². The number of benzene rings is 3. The number of thiocarbonyl (C=S) groups is 1. The number of halogens is 1. The van der Waals surface area contributed by atoms with Crippen molar-refractivity contribution >= 4 is 58.0 Å². The highest BCUT2D eigenvalue weighted by atomic mass is 35.5. The molecule has 1 fully saturated rings. The molecule has 0 spiro atoms. The van der Waals surface area contributed by atoms with E-state index in [4.69, 9.17) is 23.8 Å². The minimum absolute atomic E-state index is 0.0317. The molecule has 3 aromatic carbocycles. The second-order valence-corrected chi connectivity index (χ2v) is 9.88. The lowest BCUT2D eigenvalue weighted by molar-refractivity contribution is -0.127. The first-order valence-corrected chi connectivity index (χ1v) is 12.6. The normalized spacial score (nSPS) is 15.6. The minimum Gasteiger partial charge on any atom is -0.324 e. The second-order valence-electron chi connectivity index (χ2n) is 9.11. The van der Waals surface area contributed by atoms with Crippen molar-refractivity contribution in [1.82, 2.24) is 10.4 Å². The Morgan fingerprint density at radius 1 is 1.03 bits per heavy atom. The molecule has 3 aromatic rings. The number of hydrogen-bond donors (Lipinski definition) is 2. The Hall–Kier alpha value is -3.75. The van der Waals surface area contributed by atoms with Gasteiger partial charge in [0.15, 0.2) is 0 Å². The van der Waals surface area contributed by atoms with Gasteiger partial charge in [-0.25, -0.2) is 5.01 Å². The summed E-state index contributed by atoms with van der Waals surface area (Å²) in [5.41, 5.74) is 6.13. The molecule has 0 radical (unpaired) electrons. The standard InChI is InChI=1S/C28H27ClN4O3S/c1-17(2)19-10-12-21(13-11-19)30-27(36)24-16-25(34)32(22-14-9-18(3)23(29)15-22)28(37)33(24)31-26(35)20-7-5-4-6-8-20/h4-15,17,24H,16H2,1-3H3,(H,30,36)(H,31,35)/t24-/m0/s1. The van der Waals surface area contributed by atoms with Gasteiger partial charge in [-0.1, -0.05) is 61.8 Å². The third kappa shape index (κ3) is 5.81. The molecule has 1 aliphatic heterocycles. The summed E-state index contributed by atoms with van der Waals surface area (Å²) < 4.78 is 0. The maximum atomic E-state index is 13.4. The predicted octanol–water partition coefficient (Wildman–Crippen LogP) is 5.45. The van der Waals surface area contributed by atoms with E-state index in [1.54, 1.807) is 48.5 Å². The summed E-state index contributed by atoms with van der Waals surface area (Å²) in [5.74, 6) is -0.963. The topological polar surface area (TPSA) is 81.8 Å². The Bertz CT molecular complexity index is 1350. The number of amides is 3. The van der Waals surface area contributed by atoms with Crippen molar-refractivity contribution in [3.8, 4) is 0 Å². The smallest absolute Gasteiger partial charge is 0.269 e. The molecule has 3 amide bonds. The van der Waals surface area contributed by atoms with E-state index in [9.17, 15) is 14.4 Å². The quantitative estimate of drug-likeness (QED) is 0.411. The zero-order valence-corrected chi connectivity index (χ0v) is 22.3. The van der Waals surface area contributed by atoms with Crippen LogP contribution in [0.3, 0.4) is 0 Å². The highest BCUT2D eigenvalue weighted by Crippen LogP contribution is 2.29. The Morgan fingerprint density at radius 3 is 2.32 bits per heavy atom. The summed E-state index contributed by atoms with van der Waals surface area (Å²) in [6, 6.07) is 20.1. The van der Waals surface area contributed by atoms with Crippen LogP contribution in [-0.2, 0) is 9.59 Å². The van der Waals surface area contributed by atoms with Crippen molar-refractivity contribution in [1.29, 1.82) is 0 Å². The van der Waals surface area contributed by atoms with Gasteiger partial charge < -0.3 is 5.32 Å². The third-order valence-corrected chi connectivity index (χ3v) is 6.93. The van der Waals surface area contributed by atoms with E-state index in [1.807, 2.05) is 31.2 Å². The molecule has 1 atom stereocenters. The van der Waals surface area contributed by atoms with E-state index < -0.39 is 17.9 Å². The molecule has 0 bridgehead atoms. The van der Waals surface area contributed by atoms with Crippen molar-refractivity contribution in [2.45, 2.75) is 39.2 Å². The Morgan fingerprint density at radius 2 is 1.70 bits per heavy atom. The van der Waals surface area contributed by atoms with Gasteiger partial charge in [0.25, 0.3) is 5.91 Å². The Balaban J connectivity index is 1.64. The van der Waals surface area contributed by atoms with Crippen LogP contribution in [-0.4, -0.2) is 33.9 Å². The molecule has 37 heavy (non-hydrogen) atoms. The average Bonchev–Trinajstić information content (AvgIpc) is 2.88. The maximum Gasteiger partial charge on any atom is 0.269 e. The van der Waals surface area contributed by atoms with E-state index in [1.165, 1.54) is 9.91 Å². The molecule has 1 saturated heterocycles. The van der Waals surface area contributed by atoms with Crippen LogP contribution in [0.5, 0.6) is 0 Å². The van der Waals surface area contributed by atoms with Crippen LogP contribution in [0.15, 0.2) is 72.8 Å². The molecule has 0 saturated carbocycles. The number of hydrogen-bond acceptors (Lipinski definition) is 4. The predicted molar refractivity (Wildman–Crippen MR) is 150 cm³/mol. The highest BCUT2D eigenvalue weighted by molar-refractivity contribution is 7.80. The van der Waals surface area contributed by atoms with Crippen LogP contribution >= 0.6 is 23.8 Å². The number of aryl methyl sites for hydroxylation is 1. The van der Waals surface area contributed by atoms with Gasteiger partial charge in [-0.2, -0.15) is 0 Å². The monoisotopic (exact) mass is 534 g/mol. The van der Waals surface area contributed by atoms with Gasteiger partial charge in [-0.05, 0) is 72.6 Å². The molecule has 0 unspecified atom stereocenters. The number of rotatable bonds is 6. The summed E-state index contributed by atoms with van der Waals surface area (Å²) in [6.07, 6.45) is -0.212. The van der Waals surface area contributed by atoms with Crippen molar-refractivity contribution in [2.75, 3.05) is 10.2 Å². The van der Waals surface area contributed by atoms with E-state index in [0.29, 0.717) is 27.9 Å². The van der Waals surface area contributed by atoms with Gasteiger partial charge in [0.2, 0.25) is 16.9 Å². The van der Waals surface area contributed by atoms with Gasteiger partial charge in [0.05, 0.1) is 12.1 Å². The fraction of sp³-hybridized carbons (Fsp3) is 0.214. The second kappa shape index (κ2) is 11.1. The number of hydrazine groups is 1. The lowest BCUT2D eigenvalue weighted by Crippen LogP contribution is -2.65. The molecular weight excluding hydrogens is 508 g/mol. The van der Waals surface area contributed by atoms with E-state index in [-0.39, 0.29) is 17.4 Å². The largest absolute Gasteiger partial charge is 0.324 e. The molecule has 190 valence electrons. The minimum atomic E-state index is -1.06. The number of carbonyl (C=O) groups excluding carboxylic acids is 3. The Labute approximate surface area is 226 Å². The van der Waals surface area contributed by atoms with Crippen LogP contribution in [0, 0.1) is 6.92 Å². The summed E-state index contributed by atoms with van der Waals surface area (Å²) in [6.45, 7) is 6.02. The summed E-state index contributed by atoms with van der Waals surface area (Å²) in [4.78, 5) is 41.0. The fourth-order valence-corrected chi connectivity index (χ4v) is 4.50. The SMILES string of the molecule is Cc1ccc(N2C(=O)C[C@@H](C(=O)Nc3ccc(C(C)C)cc3)N(NC(=O)c3ccccc3)C2=S)cc1Cl. The van der Waals surface area contributed by atoms with Gasteiger partial charge in [0.1, 0.15) is 6.04 Å². The van der Waals surface area contributed by atoms with Crippen LogP contribution in [0.2, 0.25) is 5.02 Å². The van der Waals surface area contributed by atoms with Crippen LogP contribution in [0.25, 0.3) is 0 Å². The van der Waals surface area contributed by atoms with Crippen molar-refractivity contribution in [3.63, 3.8) is 0 Å². The maximum absolute atomic E-state index is 13.4. The first-order valence-electron chi connectivity index (χ1n) is 11.8. The van der Waals surface area contributed by atoms with Gasteiger partial charge in [-0.3, -0.25) is 24.7 Å². The number of nitrogens with one attached hydrogen (secondary N) is 2. The zero-order chi connectivity index (χ0) is 26.7. The summed E-state index contributed by atoms with van der Waals surface area (Å²) >= 11 is 12.0. The number of nitrogens with zero attached hydrogens (tertiary/aromatic N) is 2. The van der Waals surface area contributed by atoms with E-state index in [0.717, 1.165) is 11.1 Å². The molecule has 4 rings (SSSR count). The lowest BCUT2D eigenvalue weighted by atomic mass is 10.0. The fourth-order valence-electron chi connectivity index (χ4n) is 3.95. The lowest BCUT2D eigenvalue weighted by Gasteiger charge is -2.41. The van der Waals surface area contributed by atoms with Gasteiger partial charge in [-0.15, -0.1) is 0 Å². The number of anilines is 2. The van der Waals surface area contributed by atoms with E-state index in [2.05, 4.69) is 24.6 Å². The van der Waals surface area contributed by atoms with Crippen LogP contribution in [0.4, 0.5) is 11.4 Å². The summed E-state index contributed by atoms with van der Waals surface area (Å²) in [5, 5.41) is 4.56. The molecule has 0 aromatic heterocycles. The number of carbonyl (C=O) groups is 3. The molecule has 1 heterocycles. The molecule has 2 N–H and O–H groups in total. The molecule has 9 heteroatoms. The molecule has 1 aliphatic rings. The molecule has 7 nitrogen and oxygen atoms in total. The van der Waals surface area contributed by atoms with Crippen molar-refractivity contribution in [2.24, 2.45) is 0 Å². The Kier molecular flexibility index (Phi) is 7.90. The molecule has 0 aliphatic carbocycles. The third-order valence-electron chi connectivity index (χ3n) is 6.15. The van der Waals surface area contributed by atoms with Gasteiger partial charge in [0, 0.05) is 16.3 Å².